The summed E-state index contributed by atoms with van der Waals surface area (Å²) in [5, 5.41) is 1.35. The fourth-order valence-electron chi connectivity index (χ4n) is 4.78. The Hall–Kier alpha value is -1.98. The van der Waals surface area contributed by atoms with Gasteiger partial charge in [0.2, 0.25) is 0 Å². The lowest BCUT2D eigenvalue weighted by Gasteiger charge is -2.49. The largest absolute Gasteiger partial charge is 0.300 e. The maximum Gasteiger partial charge on any atom is 0.134 e. The minimum atomic E-state index is -0.537. The molecule has 0 N–H and O–H groups in total. The third-order valence-electron chi connectivity index (χ3n) is 5.47. The van der Waals surface area contributed by atoms with Crippen molar-refractivity contribution in [3.05, 3.63) is 66.7 Å². The maximum atomic E-state index is 12.4. The van der Waals surface area contributed by atoms with Gasteiger partial charge < -0.3 is 0 Å². The summed E-state index contributed by atoms with van der Waals surface area (Å²) in [5.74, 6) is 0.390. The van der Waals surface area contributed by atoms with Crippen LogP contribution in [0.15, 0.2) is 55.6 Å². The van der Waals surface area contributed by atoms with Crippen LogP contribution < -0.4 is 5.30 Å². The molecule has 0 saturated carbocycles. The average molecular weight is 376 g/mol. The Labute approximate surface area is 165 Å². The highest BCUT2D eigenvalue weighted by Crippen LogP contribution is 2.65. The molecule has 1 fully saturated rings. The number of hydrogen-bond acceptors (Lipinski definition) is 1. The van der Waals surface area contributed by atoms with Crippen LogP contribution in [0.25, 0.3) is 23.3 Å². The van der Waals surface area contributed by atoms with Crippen molar-refractivity contribution < 1.29 is 4.79 Å². The van der Waals surface area contributed by atoms with Gasteiger partial charge in [-0.3, -0.25) is 4.79 Å². The number of carbonyl (C=O) groups is 1. The molecule has 0 unspecified atom stereocenters. The molecule has 0 aromatic heterocycles. The molecule has 3 rings (SSSR count). The SMILES string of the molecule is C=Cc1cccc(-c2ccccc2P2C(C)(C)CC(=O)CC2(C)C)c1C=C. The zero-order valence-corrected chi connectivity index (χ0v) is 17.8. The highest BCUT2D eigenvalue weighted by Gasteiger charge is 2.48. The second-order valence-electron chi connectivity index (χ2n) is 8.59. The van der Waals surface area contributed by atoms with Crippen LogP contribution in [-0.2, 0) is 4.79 Å². The van der Waals surface area contributed by atoms with Gasteiger partial charge in [-0.25, -0.2) is 0 Å². The van der Waals surface area contributed by atoms with Crippen molar-refractivity contribution in [2.24, 2.45) is 0 Å². The first-order chi connectivity index (χ1) is 12.7. The number of benzene rings is 2. The van der Waals surface area contributed by atoms with Gasteiger partial charge in [-0.2, -0.15) is 0 Å². The Morgan fingerprint density at radius 3 is 2.04 bits per heavy atom. The second-order valence-corrected chi connectivity index (χ2v) is 12.2. The molecule has 0 aliphatic carbocycles. The van der Waals surface area contributed by atoms with Gasteiger partial charge in [0.15, 0.2) is 0 Å². The molecule has 140 valence electrons. The molecule has 2 aromatic rings. The molecule has 1 aliphatic rings. The van der Waals surface area contributed by atoms with Crippen LogP contribution in [0.4, 0.5) is 0 Å². The third kappa shape index (κ3) is 3.58. The van der Waals surface area contributed by atoms with E-state index in [4.69, 9.17) is 0 Å². The molecule has 27 heavy (non-hydrogen) atoms. The monoisotopic (exact) mass is 376 g/mol. The van der Waals surface area contributed by atoms with E-state index < -0.39 is 7.92 Å². The van der Waals surface area contributed by atoms with Crippen molar-refractivity contribution in [3.8, 4) is 11.1 Å². The Morgan fingerprint density at radius 1 is 0.852 bits per heavy atom. The van der Waals surface area contributed by atoms with Crippen molar-refractivity contribution in [2.75, 3.05) is 0 Å². The summed E-state index contributed by atoms with van der Waals surface area (Å²) in [6, 6.07) is 15.1. The molecule has 1 aliphatic heterocycles. The molecule has 0 atom stereocenters. The second kappa shape index (κ2) is 7.21. The van der Waals surface area contributed by atoms with Crippen LogP contribution in [0, 0.1) is 0 Å². The minimum Gasteiger partial charge on any atom is -0.300 e. The molecular formula is C25H29OP. The lowest BCUT2D eigenvalue weighted by Crippen LogP contribution is -2.43. The maximum absolute atomic E-state index is 12.4. The molecule has 1 saturated heterocycles. The standard InChI is InChI=1S/C25H29OP/c1-7-18-12-11-14-21(20(18)8-2)22-13-9-10-15-23(22)27-24(3,4)16-19(26)17-25(27,5)6/h7-15H,1-2,16-17H2,3-6H3. The Balaban J connectivity index is 2.26. The summed E-state index contributed by atoms with van der Waals surface area (Å²) in [6.07, 6.45) is 5.15. The molecule has 0 spiro atoms. The van der Waals surface area contributed by atoms with Crippen molar-refractivity contribution in [2.45, 2.75) is 50.8 Å². The zero-order valence-electron chi connectivity index (χ0n) is 16.9. The van der Waals surface area contributed by atoms with E-state index in [1.165, 1.54) is 16.4 Å². The van der Waals surface area contributed by atoms with Gasteiger partial charge in [0.1, 0.15) is 5.78 Å². The number of ketones is 1. The minimum absolute atomic E-state index is 0.0192. The van der Waals surface area contributed by atoms with Gasteiger partial charge in [0, 0.05) is 12.8 Å². The highest BCUT2D eigenvalue weighted by molar-refractivity contribution is 7.69. The van der Waals surface area contributed by atoms with E-state index in [1.807, 2.05) is 12.2 Å². The van der Waals surface area contributed by atoms with Crippen LogP contribution in [0.1, 0.15) is 51.7 Å². The first-order valence-corrected chi connectivity index (χ1v) is 10.8. The summed E-state index contributed by atoms with van der Waals surface area (Å²) in [4.78, 5) is 12.4. The predicted octanol–water partition coefficient (Wildman–Crippen LogP) is 6.67. The van der Waals surface area contributed by atoms with Crippen molar-refractivity contribution in [1.82, 2.24) is 0 Å². The zero-order chi connectivity index (χ0) is 19.8. The normalized spacial score (nSPS) is 18.9. The van der Waals surface area contributed by atoms with Crippen LogP contribution in [0.2, 0.25) is 0 Å². The van der Waals surface area contributed by atoms with E-state index in [2.05, 4.69) is 83.3 Å². The Kier molecular flexibility index (Phi) is 5.28. The van der Waals surface area contributed by atoms with E-state index >= 15 is 0 Å². The topological polar surface area (TPSA) is 17.1 Å². The molecule has 1 heterocycles. The van der Waals surface area contributed by atoms with E-state index in [9.17, 15) is 4.79 Å². The third-order valence-corrected chi connectivity index (χ3v) is 9.08. The lowest BCUT2D eigenvalue weighted by molar-refractivity contribution is -0.120. The molecule has 0 radical (unpaired) electrons. The van der Waals surface area contributed by atoms with E-state index in [1.54, 1.807) is 0 Å². The fourth-order valence-corrected chi connectivity index (χ4v) is 9.06. The number of hydrogen-bond donors (Lipinski definition) is 0. The Bertz CT molecular complexity index is 884. The van der Waals surface area contributed by atoms with Gasteiger partial charge in [-0.1, -0.05) is 103 Å². The first-order valence-electron chi connectivity index (χ1n) is 9.50. The fraction of sp³-hybridized carbons (Fsp3) is 0.320. The molecule has 2 heteroatoms. The molecule has 0 bridgehead atoms. The van der Waals surface area contributed by atoms with Crippen molar-refractivity contribution >= 4 is 31.2 Å². The summed E-state index contributed by atoms with van der Waals surface area (Å²) in [7, 11) is -0.537. The van der Waals surface area contributed by atoms with Crippen LogP contribution in [-0.4, -0.2) is 16.1 Å². The number of rotatable bonds is 4. The number of carbonyl (C=O) groups excluding carboxylic acids is 1. The first kappa shape index (κ1) is 19.8. The van der Waals surface area contributed by atoms with E-state index in [0.717, 1.165) is 11.1 Å². The molecule has 1 nitrogen and oxygen atoms in total. The summed E-state index contributed by atoms with van der Waals surface area (Å²) in [5.41, 5.74) is 4.68. The van der Waals surface area contributed by atoms with Gasteiger partial charge >= 0.3 is 0 Å². The van der Waals surface area contributed by atoms with Gasteiger partial charge in [0.05, 0.1) is 0 Å². The van der Waals surface area contributed by atoms with Gasteiger partial charge in [-0.15, -0.1) is 0 Å². The Morgan fingerprint density at radius 2 is 1.44 bits per heavy atom. The van der Waals surface area contributed by atoms with Crippen molar-refractivity contribution in [1.29, 1.82) is 0 Å². The van der Waals surface area contributed by atoms with E-state index in [0.29, 0.717) is 18.6 Å². The highest BCUT2D eigenvalue weighted by atomic mass is 31.1. The van der Waals surface area contributed by atoms with Crippen LogP contribution in [0.5, 0.6) is 0 Å². The van der Waals surface area contributed by atoms with Gasteiger partial charge in [0.25, 0.3) is 0 Å². The van der Waals surface area contributed by atoms with E-state index in [-0.39, 0.29) is 10.3 Å². The predicted molar refractivity (Wildman–Crippen MR) is 121 cm³/mol. The van der Waals surface area contributed by atoms with Crippen LogP contribution in [0.3, 0.4) is 0 Å². The lowest BCUT2D eigenvalue weighted by atomic mass is 9.95. The number of Topliss-reactive ketones (excluding diaryl/α,β-unsaturated/α-hetero) is 1. The van der Waals surface area contributed by atoms with Crippen molar-refractivity contribution in [3.63, 3.8) is 0 Å². The quantitative estimate of drug-likeness (QED) is 0.545. The molecule has 0 amide bonds. The summed E-state index contributed by atoms with van der Waals surface area (Å²) < 4.78 is 0. The summed E-state index contributed by atoms with van der Waals surface area (Å²) in [6.45, 7) is 17.1. The molecule has 2 aromatic carbocycles. The van der Waals surface area contributed by atoms with Crippen LogP contribution >= 0.6 is 7.92 Å². The average Bonchev–Trinajstić information content (AvgIpc) is 2.58. The smallest absolute Gasteiger partial charge is 0.134 e. The molecular weight excluding hydrogens is 347 g/mol. The van der Waals surface area contributed by atoms with Gasteiger partial charge in [-0.05, 0) is 37.9 Å². The summed E-state index contributed by atoms with van der Waals surface area (Å²) >= 11 is 0.